The first-order valence-electron chi connectivity index (χ1n) is 4.41. The molecule has 0 unspecified atom stereocenters. The summed E-state index contributed by atoms with van der Waals surface area (Å²) in [6.45, 7) is 2.01. The molecular formula is C11H13NO. The van der Waals surface area contributed by atoms with Crippen molar-refractivity contribution >= 4 is 5.78 Å². The maximum absolute atomic E-state index is 11.3. The highest BCUT2D eigenvalue weighted by atomic mass is 16.1. The van der Waals surface area contributed by atoms with Crippen molar-refractivity contribution in [2.45, 2.75) is 19.8 Å². The Hall–Kier alpha value is -1.44. The molecule has 2 heteroatoms. The third-order valence-electron chi connectivity index (χ3n) is 1.64. The summed E-state index contributed by atoms with van der Waals surface area (Å²) >= 11 is 0. The number of pyridine rings is 1. The number of hydrogen-bond acceptors (Lipinski definition) is 2. The van der Waals surface area contributed by atoms with Gasteiger partial charge in [0.05, 0.1) is 0 Å². The molecule has 0 aliphatic carbocycles. The third-order valence-corrected chi connectivity index (χ3v) is 1.64. The summed E-state index contributed by atoms with van der Waals surface area (Å²) in [7, 11) is 0. The molecule has 0 amide bonds. The van der Waals surface area contributed by atoms with Crippen molar-refractivity contribution < 1.29 is 4.79 Å². The fourth-order valence-corrected chi connectivity index (χ4v) is 1.01. The SMILES string of the molecule is CC/C=C/C(=O)Cc1cccnc1. The number of rotatable bonds is 4. The molecule has 0 radical (unpaired) electrons. The average Bonchev–Trinajstić information content (AvgIpc) is 2.16. The van der Waals surface area contributed by atoms with E-state index in [1.165, 1.54) is 0 Å². The molecule has 0 N–H and O–H groups in total. The lowest BCUT2D eigenvalue weighted by Gasteiger charge is -1.94. The Morgan fingerprint density at radius 1 is 1.62 bits per heavy atom. The number of aromatic nitrogens is 1. The Labute approximate surface area is 78.3 Å². The van der Waals surface area contributed by atoms with Crippen LogP contribution in [0.4, 0.5) is 0 Å². The van der Waals surface area contributed by atoms with Crippen molar-refractivity contribution in [3.05, 3.63) is 42.2 Å². The van der Waals surface area contributed by atoms with Gasteiger partial charge >= 0.3 is 0 Å². The molecule has 2 nitrogen and oxygen atoms in total. The Balaban J connectivity index is 2.50. The molecule has 0 saturated carbocycles. The van der Waals surface area contributed by atoms with Crippen LogP contribution in [0.3, 0.4) is 0 Å². The van der Waals surface area contributed by atoms with Crippen LogP contribution in [-0.4, -0.2) is 10.8 Å². The van der Waals surface area contributed by atoms with E-state index < -0.39 is 0 Å². The van der Waals surface area contributed by atoms with Gasteiger partial charge in [0.15, 0.2) is 5.78 Å². The first kappa shape index (κ1) is 9.65. The molecule has 68 valence electrons. The predicted molar refractivity (Wildman–Crippen MR) is 52.4 cm³/mol. The van der Waals surface area contributed by atoms with Gasteiger partial charge in [-0.15, -0.1) is 0 Å². The van der Waals surface area contributed by atoms with Crippen molar-refractivity contribution in [2.24, 2.45) is 0 Å². The molecule has 0 aromatic carbocycles. The second-order valence-corrected chi connectivity index (χ2v) is 2.81. The van der Waals surface area contributed by atoms with E-state index in [4.69, 9.17) is 0 Å². The summed E-state index contributed by atoms with van der Waals surface area (Å²) in [6, 6.07) is 3.75. The monoisotopic (exact) mass is 175 g/mol. The van der Waals surface area contributed by atoms with Gasteiger partial charge in [-0.25, -0.2) is 0 Å². The van der Waals surface area contributed by atoms with Crippen molar-refractivity contribution in [2.75, 3.05) is 0 Å². The summed E-state index contributed by atoms with van der Waals surface area (Å²) in [5.41, 5.74) is 0.966. The van der Waals surface area contributed by atoms with Gasteiger partial charge in [-0.05, 0) is 24.1 Å². The lowest BCUT2D eigenvalue weighted by atomic mass is 10.1. The maximum atomic E-state index is 11.3. The minimum Gasteiger partial charge on any atom is -0.294 e. The van der Waals surface area contributed by atoms with Gasteiger partial charge in [-0.3, -0.25) is 9.78 Å². The Morgan fingerprint density at radius 2 is 2.46 bits per heavy atom. The topological polar surface area (TPSA) is 30.0 Å². The van der Waals surface area contributed by atoms with Gasteiger partial charge in [0.25, 0.3) is 0 Å². The largest absolute Gasteiger partial charge is 0.294 e. The molecule has 0 saturated heterocycles. The number of ketones is 1. The second kappa shape index (κ2) is 5.25. The molecule has 0 spiro atoms. The summed E-state index contributed by atoms with van der Waals surface area (Å²) in [4.78, 5) is 15.2. The van der Waals surface area contributed by atoms with Crippen LogP contribution >= 0.6 is 0 Å². The third kappa shape index (κ3) is 3.65. The summed E-state index contributed by atoms with van der Waals surface area (Å²) in [6.07, 6.45) is 8.28. The van der Waals surface area contributed by atoms with E-state index in [-0.39, 0.29) is 5.78 Å². The summed E-state index contributed by atoms with van der Waals surface area (Å²) < 4.78 is 0. The number of carbonyl (C=O) groups excluding carboxylic acids is 1. The van der Waals surface area contributed by atoms with E-state index in [0.717, 1.165) is 12.0 Å². The zero-order valence-electron chi connectivity index (χ0n) is 7.73. The van der Waals surface area contributed by atoms with Crippen LogP contribution in [0, 0.1) is 0 Å². The van der Waals surface area contributed by atoms with E-state index in [2.05, 4.69) is 4.98 Å². The molecule has 0 bridgehead atoms. The minimum atomic E-state index is 0.134. The van der Waals surface area contributed by atoms with Crippen molar-refractivity contribution in [1.29, 1.82) is 0 Å². The van der Waals surface area contributed by atoms with E-state index in [0.29, 0.717) is 6.42 Å². The molecule has 1 aromatic heterocycles. The van der Waals surface area contributed by atoms with E-state index in [9.17, 15) is 4.79 Å². The van der Waals surface area contributed by atoms with E-state index in [1.807, 2.05) is 25.1 Å². The number of carbonyl (C=O) groups is 1. The lowest BCUT2D eigenvalue weighted by Crippen LogP contribution is -1.98. The van der Waals surface area contributed by atoms with Crippen LogP contribution in [-0.2, 0) is 11.2 Å². The van der Waals surface area contributed by atoms with Crippen molar-refractivity contribution in [3.63, 3.8) is 0 Å². The first-order chi connectivity index (χ1) is 6.33. The molecular weight excluding hydrogens is 162 g/mol. The van der Waals surface area contributed by atoms with Crippen molar-refractivity contribution in [1.82, 2.24) is 4.98 Å². The van der Waals surface area contributed by atoms with Crippen LogP contribution in [0.5, 0.6) is 0 Å². The zero-order valence-corrected chi connectivity index (χ0v) is 7.73. The fourth-order valence-electron chi connectivity index (χ4n) is 1.01. The zero-order chi connectivity index (χ0) is 9.52. The predicted octanol–water partition coefficient (Wildman–Crippen LogP) is 2.16. The van der Waals surface area contributed by atoms with Crippen LogP contribution in [0.1, 0.15) is 18.9 Å². The Kier molecular flexibility index (Phi) is 3.89. The number of allylic oxidation sites excluding steroid dienone is 2. The van der Waals surface area contributed by atoms with Gasteiger partial charge < -0.3 is 0 Å². The van der Waals surface area contributed by atoms with Gasteiger partial charge in [0.1, 0.15) is 0 Å². The molecule has 0 atom stereocenters. The van der Waals surface area contributed by atoms with Crippen molar-refractivity contribution in [3.8, 4) is 0 Å². The molecule has 1 heterocycles. The molecule has 1 rings (SSSR count). The van der Waals surface area contributed by atoms with Gasteiger partial charge in [-0.1, -0.05) is 19.1 Å². The summed E-state index contributed by atoms with van der Waals surface area (Å²) in [5.74, 6) is 0.134. The maximum Gasteiger partial charge on any atom is 0.159 e. The number of nitrogens with zero attached hydrogens (tertiary/aromatic N) is 1. The van der Waals surface area contributed by atoms with Gasteiger partial charge in [-0.2, -0.15) is 0 Å². The van der Waals surface area contributed by atoms with Gasteiger partial charge in [0.2, 0.25) is 0 Å². The highest BCUT2D eigenvalue weighted by molar-refractivity contribution is 5.91. The molecule has 0 fully saturated rings. The Morgan fingerprint density at radius 3 is 3.08 bits per heavy atom. The molecule has 0 aliphatic rings. The van der Waals surface area contributed by atoms with Crippen LogP contribution in [0.2, 0.25) is 0 Å². The molecule has 1 aromatic rings. The van der Waals surface area contributed by atoms with Crippen LogP contribution in [0.15, 0.2) is 36.7 Å². The van der Waals surface area contributed by atoms with E-state index in [1.54, 1.807) is 18.5 Å². The van der Waals surface area contributed by atoms with E-state index >= 15 is 0 Å². The number of hydrogen-bond donors (Lipinski definition) is 0. The summed E-state index contributed by atoms with van der Waals surface area (Å²) in [5, 5.41) is 0. The standard InChI is InChI=1S/C11H13NO/c1-2-3-6-11(13)8-10-5-4-7-12-9-10/h3-7,9H,2,8H2,1H3/b6-3+. The highest BCUT2D eigenvalue weighted by Gasteiger charge is 1.97. The van der Waals surface area contributed by atoms with Crippen LogP contribution < -0.4 is 0 Å². The van der Waals surface area contributed by atoms with Crippen LogP contribution in [0.25, 0.3) is 0 Å². The fraction of sp³-hybridized carbons (Fsp3) is 0.273. The Bertz CT molecular complexity index is 290. The first-order valence-corrected chi connectivity index (χ1v) is 4.41. The minimum absolute atomic E-state index is 0.134. The van der Waals surface area contributed by atoms with Gasteiger partial charge in [0, 0.05) is 18.8 Å². The molecule has 13 heavy (non-hydrogen) atoms. The molecule has 0 aliphatic heterocycles. The smallest absolute Gasteiger partial charge is 0.159 e. The highest BCUT2D eigenvalue weighted by Crippen LogP contribution is 1.98. The lowest BCUT2D eigenvalue weighted by molar-refractivity contribution is -0.114. The quantitative estimate of drug-likeness (QED) is 0.656. The second-order valence-electron chi connectivity index (χ2n) is 2.81. The average molecular weight is 175 g/mol. The normalized spacial score (nSPS) is 10.5.